The largest absolute Gasteiger partial charge is 0.396 e. The maximum Gasteiger partial charge on any atom is 0.0900 e. The van der Waals surface area contributed by atoms with E-state index in [2.05, 4.69) is 17.2 Å². The monoisotopic (exact) mass is 240 g/mol. The third-order valence-electron chi connectivity index (χ3n) is 3.42. The van der Waals surface area contributed by atoms with E-state index in [-0.39, 0.29) is 0 Å². The first-order valence-corrected chi connectivity index (χ1v) is 6.79. The van der Waals surface area contributed by atoms with Crippen molar-refractivity contribution in [1.29, 1.82) is 0 Å². The summed E-state index contributed by atoms with van der Waals surface area (Å²) in [4.78, 5) is 5.76. The van der Waals surface area contributed by atoms with Crippen molar-refractivity contribution in [1.82, 2.24) is 10.3 Å². The van der Waals surface area contributed by atoms with Gasteiger partial charge in [0.05, 0.1) is 10.7 Å². The molecule has 1 saturated carbocycles. The Kier molecular flexibility index (Phi) is 3.95. The van der Waals surface area contributed by atoms with Gasteiger partial charge >= 0.3 is 0 Å². The Labute approximate surface area is 101 Å². The Hall–Kier alpha value is -0.450. The van der Waals surface area contributed by atoms with Crippen LogP contribution in [0.4, 0.5) is 0 Å². The number of nitrogens with one attached hydrogen (secondary N) is 1. The van der Waals surface area contributed by atoms with Crippen LogP contribution in [0.2, 0.25) is 0 Å². The molecule has 0 aromatic carbocycles. The number of aromatic nitrogens is 1. The second-order valence-electron chi connectivity index (χ2n) is 4.60. The number of aliphatic hydroxyl groups excluding tert-OH is 1. The zero-order valence-electron chi connectivity index (χ0n) is 9.99. The molecule has 1 heterocycles. The molecule has 0 spiro atoms. The summed E-state index contributed by atoms with van der Waals surface area (Å²) in [6, 6.07) is 0.492. The van der Waals surface area contributed by atoms with Crippen LogP contribution in [0.5, 0.6) is 0 Å². The summed E-state index contributed by atoms with van der Waals surface area (Å²) >= 11 is 1.77. The van der Waals surface area contributed by atoms with Crippen molar-refractivity contribution >= 4 is 11.3 Å². The average Bonchev–Trinajstić information content (AvgIpc) is 2.81. The zero-order valence-corrected chi connectivity index (χ0v) is 10.8. The molecule has 2 atom stereocenters. The van der Waals surface area contributed by atoms with Crippen LogP contribution >= 0.6 is 11.3 Å². The third-order valence-corrected chi connectivity index (χ3v) is 4.49. The molecule has 16 heavy (non-hydrogen) atoms. The van der Waals surface area contributed by atoms with Gasteiger partial charge in [0.1, 0.15) is 0 Å². The van der Waals surface area contributed by atoms with Crippen molar-refractivity contribution in [3.05, 3.63) is 15.6 Å². The van der Waals surface area contributed by atoms with Crippen LogP contribution in [-0.2, 0) is 6.54 Å². The first kappa shape index (κ1) is 12.0. The first-order chi connectivity index (χ1) is 7.70. The smallest absolute Gasteiger partial charge is 0.0900 e. The number of aryl methyl sites for hydroxylation is 2. The number of hydrogen-bond acceptors (Lipinski definition) is 4. The Bertz CT molecular complexity index is 351. The molecular formula is C12H20N2OS. The van der Waals surface area contributed by atoms with E-state index in [1.165, 1.54) is 17.7 Å². The van der Waals surface area contributed by atoms with Crippen LogP contribution in [0, 0.1) is 19.8 Å². The van der Waals surface area contributed by atoms with Gasteiger partial charge in [-0.15, -0.1) is 11.3 Å². The molecule has 1 aliphatic carbocycles. The molecule has 0 aliphatic heterocycles. The van der Waals surface area contributed by atoms with Gasteiger partial charge in [-0.05, 0) is 32.6 Å². The Morgan fingerprint density at radius 3 is 2.88 bits per heavy atom. The van der Waals surface area contributed by atoms with Crippen molar-refractivity contribution in [3.8, 4) is 0 Å². The van der Waals surface area contributed by atoms with Gasteiger partial charge in [-0.2, -0.15) is 0 Å². The molecule has 90 valence electrons. The number of nitrogens with zero attached hydrogens (tertiary/aromatic N) is 1. The standard InChI is InChI=1S/C12H20N2OS/c1-8-12(16-9(2)14-8)6-13-11-5-3-4-10(11)7-15/h10-11,13,15H,3-7H2,1-2H3. The lowest BCUT2D eigenvalue weighted by molar-refractivity contribution is 0.205. The minimum atomic E-state index is 0.318. The molecule has 2 N–H and O–H groups in total. The van der Waals surface area contributed by atoms with Gasteiger partial charge in [0.15, 0.2) is 0 Å². The average molecular weight is 240 g/mol. The summed E-state index contributed by atoms with van der Waals surface area (Å²) < 4.78 is 0. The third kappa shape index (κ3) is 2.62. The number of thiazole rings is 1. The molecule has 2 unspecified atom stereocenters. The highest BCUT2D eigenvalue weighted by atomic mass is 32.1. The van der Waals surface area contributed by atoms with Crippen molar-refractivity contribution in [2.75, 3.05) is 6.61 Å². The van der Waals surface area contributed by atoms with E-state index in [9.17, 15) is 5.11 Å². The van der Waals surface area contributed by atoms with Crippen LogP contribution < -0.4 is 5.32 Å². The molecule has 1 aliphatic rings. The lowest BCUT2D eigenvalue weighted by atomic mass is 10.1. The van der Waals surface area contributed by atoms with E-state index >= 15 is 0 Å². The summed E-state index contributed by atoms with van der Waals surface area (Å²) in [5.74, 6) is 0.453. The van der Waals surface area contributed by atoms with Gasteiger partial charge in [0, 0.05) is 24.1 Å². The molecule has 2 rings (SSSR count). The molecule has 0 bridgehead atoms. The highest BCUT2D eigenvalue weighted by molar-refractivity contribution is 7.11. The maximum absolute atomic E-state index is 9.24. The van der Waals surface area contributed by atoms with E-state index in [0.717, 1.165) is 23.7 Å². The normalized spacial score (nSPS) is 25.2. The molecule has 0 saturated heterocycles. The van der Waals surface area contributed by atoms with E-state index in [0.29, 0.717) is 18.6 Å². The van der Waals surface area contributed by atoms with Crippen molar-refractivity contribution in [2.24, 2.45) is 5.92 Å². The lowest BCUT2D eigenvalue weighted by Gasteiger charge is -2.18. The molecule has 3 nitrogen and oxygen atoms in total. The maximum atomic E-state index is 9.24. The predicted octanol–water partition coefficient (Wildman–Crippen LogP) is 2.01. The fourth-order valence-corrected chi connectivity index (χ4v) is 3.37. The summed E-state index contributed by atoms with van der Waals surface area (Å²) in [6.45, 7) is 5.34. The van der Waals surface area contributed by atoms with Gasteiger partial charge < -0.3 is 10.4 Å². The van der Waals surface area contributed by atoms with Crippen LogP contribution in [0.25, 0.3) is 0 Å². The van der Waals surface area contributed by atoms with Gasteiger partial charge in [-0.1, -0.05) is 6.42 Å². The summed E-state index contributed by atoms with van der Waals surface area (Å²) in [5.41, 5.74) is 1.15. The van der Waals surface area contributed by atoms with Crippen LogP contribution in [0.1, 0.15) is 34.8 Å². The number of aliphatic hydroxyl groups is 1. The lowest BCUT2D eigenvalue weighted by Crippen LogP contribution is -2.33. The van der Waals surface area contributed by atoms with E-state index in [1.807, 2.05) is 6.92 Å². The molecule has 0 radical (unpaired) electrons. The summed E-state index contributed by atoms with van der Waals surface area (Å²) in [7, 11) is 0. The molecule has 4 heteroatoms. The minimum absolute atomic E-state index is 0.318. The predicted molar refractivity (Wildman–Crippen MR) is 66.6 cm³/mol. The number of hydrogen-bond donors (Lipinski definition) is 2. The van der Waals surface area contributed by atoms with E-state index in [1.54, 1.807) is 11.3 Å². The van der Waals surface area contributed by atoms with E-state index in [4.69, 9.17) is 0 Å². The first-order valence-electron chi connectivity index (χ1n) is 5.98. The molecule has 0 amide bonds. The van der Waals surface area contributed by atoms with Gasteiger partial charge in [0.2, 0.25) is 0 Å². The highest BCUT2D eigenvalue weighted by Gasteiger charge is 2.26. The van der Waals surface area contributed by atoms with Crippen molar-refractivity contribution in [2.45, 2.75) is 45.7 Å². The van der Waals surface area contributed by atoms with Crippen molar-refractivity contribution in [3.63, 3.8) is 0 Å². The second-order valence-corrected chi connectivity index (χ2v) is 5.89. The van der Waals surface area contributed by atoms with Gasteiger partial charge in [-0.3, -0.25) is 0 Å². The van der Waals surface area contributed by atoms with Gasteiger partial charge in [-0.25, -0.2) is 4.98 Å². The topological polar surface area (TPSA) is 45.2 Å². The fourth-order valence-electron chi connectivity index (χ4n) is 2.49. The minimum Gasteiger partial charge on any atom is -0.396 e. The van der Waals surface area contributed by atoms with Gasteiger partial charge in [0.25, 0.3) is 0 Å². The van der Waals surface area contributed by atoms with E-state index < -0.39 is 0 Å². The SMILES string of the molecule is Cc1nc(C)c(CNC2CCCC2CO)s1. The van der Waals surface area contributed by atoms with Crippen LogP contribution in [-0.4, -0.2) is 22.7 Å². The second kappa shape index (κ2) is 5.25. The molecule has 1 aromatic rings. The van der Waals surface area contributed by atoms with Crippen LogP contribution in [0.3, 0.4) is 0 Å². The quantitative estimate of drug-likeness (QED) is 0.846. The Balaban J connectivity index is 1.89. The molecule has 1 fully saturated rings. The molecule has 1 aromatic heterocycles. The van der Waals surface area contributed by atoms with Crippen LogP contribution in [0.15, 0.2) is 0 Å². The van der Waals surface area contributed by atoms with Crippen molar-refractivity contribution < 1.29 is 5.11 Å². The number of rotatable bonds is 4. The Morgan fingerprint density at radius 2 is 2.25 bits per heavy atom. The summed E-state index contributed by atoms with van der Waals surface area (Å²) in [5, 5.41) is 13.9. The summed E-state index contributed by atoms with van der Waals surface area (Å²) in [6.07, 6.45) is 3.60. The highest BCUT2D eigenvalue weighted by Crippen LogP contribution is 2.26. The Morgan fingerprint density at radius 1 is 1.44 bits per heavy atom. The fraction of sp³-hybridized carbons (Fsp3) is 0.750. The molecular weight excluding hydrogens is 220 g/mol. The zero-order chi connectivity index (χ0) is 11.5.